The maximum atomic E-state index is 12.0. The highest BCUT2D eigenvalue weighted by molar-refractivity contribution is 5.90. The monoisotopic (exact) mass is 391 g/mol. The van der Waals surface area contributed by atoms with Gasteiger partial charge in [0.15, 0.2) is 6.29 Å². The average molecular weight is 392 g/mol. The van der Waals surface area contributed by atoms with E-state index < -0.39 is 0 Å². The summed E-state index contributed by atoms with van der Waals surface area (Å²) in [7, 11) is 0. The van der Waals surface area contributed by atoms with Crippen LogP contribution < -0.4 is 4.74 Å². The Kier molecular flexibility index (Phi) is 5.38. The van der Waals surface area contributed by atoms with E-state index in [4.69, 9.17) is 4.74 Å². The first-order valence-electron chi connectivity index (χ1n) is 10.4. The molecule has 0 bridgehead atoms. The molecule has 3 aromatic rings. The van der Waals surface area contributed by atoms with Gasteiger partial charge in [0.25, 0.3) is 0 Å². The van der Waals surface area contributed by atoms with Crippen molar-refractivity contribution in [3.05, 3.63) is 58.9 Å². The summed E-state index contributed by atoms with van der Waals surface area (Å²) >= 11 is 0. The zero-order valence-electron chi connectivity index (χ0n) is 19.0. The minimum atomic E-state index is -0.0857. The molecular formula is C26H33NO2. The lowest BCUT2D eigenvalue weighted by Gasteiger charge is -2.30. The van der Waals surface area contributed by atoms with Crippen LogP contribution in [0.25, 0.3) is 16.6 Å². The van der Waals surface area contributed by atoms with Crippen LogP contribution in [0.4, 0.5) is 0 Å². The van der Waals surface area contributed by atoms with Gasteiger partial charge in [-0.25, -0.2) is 0 Å². The third kappa shape index (κ3) is 3.96. The van der Waals surface area contributed by atoms with Crippen LogP contribution in [-0.4, -0.2) is 17.3 Å². The largest absolute Gasteiger partial charge is 0.493 e. The van der Waals surface area contributed by atoms with Gasteiger partial charge in [0.05, 0.1) is 12.3 Å². The molecule has 0 saturated carbocycles. The molecule has 0 radical (unpaired) electrons. The molecule has 1 aromatic carbocycles. The van der Waals surface area contributed by atoms with Crippen molar-refractivity contribution in [1.82, 2.24) is 4.40 Å². The summed E-state index contributed by atoms with van der Waals surface area (Å²) in [5.41, 5.74) is 7.09. The molecule has 0 unspecified atom stereocenters. The minimum absolute atomic E-state index is 0.0857. The van der Waals surface area contributed by atoms with Crippen LogP contribution in [0.1, 0.15) is 75.6 Å². The van der Waals surface area contributed by atoms with E-state index in [1.54, 1.807) is 0 Å². The van der Waals surface area contributed by atoms with Gasteiger partial charge in [-0.05, 0) is 66.1 Å². The lowest BCUT2D eigenvalue weighted by atomic mass is 9.77. The van der Waals surface area contributed by atoms with Crippen molar-refractivity contribution in [1.29, 1.82) is 0 Å². The van der Waals surface area contributed by atoms with Gasteiger partial charge in [-0.3, -0.25) is 4.79 Å². The fraction of sp³-hybridized carbons (Fsp3) is 0.423. The van der Waals surface area contributed by atoms with Gasteiger partial charge in [-0.1, -0.05) is 41.5 Å². The van der Waals surface area contributed by atoms with E-state index in [9.17, 15) is 4.79 Å². The zero-order valence-corrected chi connectivity index (χ0v) is 19.0. The summed E-state index contributed by atoms with van der Waals surface area (Å²) < 4.78 is 8.14. The summed E-state index contributed by atoms with van der Waals surface area (Å²) in [6.07, 6.45) is 2.93. The fourth-order valence-corrected chi connectivity index (χ4v) is 3.86. The molecule has 0 atom stereocenters. The van der Waals surface area contributed by atoms with Gasteiger partial charge in [-0.2, -0.15) is 0 Å². The Bertz CT molecular complexity index is 1020. The van der Waals surface area contributed by atoms with E-state index >= 15 is 0 Å². The first kappa shape index (κ1) is 21.2. The number of aromatic nitrogens is 1. The first-order chi connectivity index (χ1) is 13.5. The Morgan fingerprint density at radius 1 is 0.966 bits per heavy atom. The Hall–Kier alpha value is -2.55. The molecule has 0 aliphatic rings. The number of aldehydes is 1. The van der Waals surface area contributed by atoms with Crippen molar-refractivity contribution in [2.24, 2.45) is 0 Å². The van der Waals surface area contributed by atoms with Gasteiger partial charge >= 0.3 is 0 Å². The summed E-state index contributed by atoms with van der Waals surface area (Å²) in [6.45, 7) is 18.0. The second kappa shape index (κ2) is 7.37. The molecule has 2 aromatic heterocycles. The number of carbonyl (C=O) groups is 1. The van der Waals surface area contributed by atoms with Crippen molar-refractivity contribution in [2.45, 2.75) is 66.2 Å². The third-order valence-electron chi connectivity index (χ3n) is 5.38. The molecule has 154 valence electrons. The smallest absolute Gasteiger partial charge is 0.167 e. The molecule has 0 amide bonds. The normalized spacial score (nSPS) is 12.4. The van der Waals surface area contributed by atoms with E-state index in [1.165, 1.54) is 16.7 Å². The minimum Gasteiger partial charge on any atom is -0.493 e. The highest BCUT2D eigenvalue weighted by Crippen LogP contribution is 2.43. The summed E-state index contributed by atoms with van der Waals surface area (Å²) in [6, 6.07) is 10.7. The molecule has 3 heteroatoms. The second-order valence-electron chi connectivity index (χ2n) is 9.89. The highest BCUT2D eigenvalue weighted by Gasteiger charge is 2.28. The molecule has 0 saturated heterocycles. The number of hydrogen-bond donors (Lipinski definition) is 0. The molecular weight excluding hydrogens is 358 g/mol. The standard InChI is InChI=1S/C26H33NO2/c1-9-29-24-21(25(3,4)5)13-18(14-22(24)26(6,7)8)20-15-19-12-17(2)10-11-27(19)23(20)16-28/h10-16H,9H2,1-8H3. The van der Waals surface area contributed by atoms with Crippen molar-refractivity contribution in [3.63, 3.8) is 0 Å². The van der Waals surface area contributed by atoms with Crippen molar-refractivity contribution < 1.29 is 9.53 Å². The molecule has 3 rings (SSSR count). The summed E-state index contributed by atoms with van der Waals surface area (Å²) in [5.74, 6) is 0.975. The molecule has 2 heterocycles. The zero-order chi connectivity index (χ0) is 21.6. The number of benzene rings is 1. The predicted octanol–water partition coefficient (Wildman–Crippen LogP) is 6.72. The maximum absolute atomic E-state index is 12.0. The second-order valence-corrected chi connectivity index (χ2v) is 9.89. The van der Waals surface area contributed by atoms with E-state index in [2.05, 4.69) is 72.7 Å². The number of nitrogens with zero attached hydrogens (tertiary/aromatic N) is 1. The molecule has 0 fully saturated rings. The van der Waals surface area contributed by atoms with Gasteiger partial charge in [0, 0.05) is 28.4 Å². The van der Waals surface area contributed by atoms with Crippen LogP contribution >= 0.6 is 0 Å². The lowest BCUT2D eigenvalue weighted by Crippen LogP contribution is -2.20. The topological polar surface area (TPSA) is 30.7 Å². The quantitative estimate of drug-likeness (QED) is 0.462. The lowest BCUT2D eigenvalue weighted by molar-refractivity contribution is 0.111. The van der Waals surface area contributed by atoms with Crippen LogP contribution in [-0.2, 0) is 10.8 Å². The molecule has 29 heavy (non-hydrogen) atoms. The van der Waals surface area contributed by atoms with Gasteiger partial charge in [-0.15, -0.1) is 0 Å². The molecule has 0 aliphatic heterocycles. The number of hydrogen-bond acceptors (Lipinski definition) is 2. The summed E-state index contributed by atoms with van der Waals surface area (Å²) in [4.78, 5) is 12.0. The van der Waals surface area contributed by atoms with E-state index in [1.807, 2.05) is 23.6 Å². The molecule has 3 nitrogen and oxygen atoms in total. The number of rotatable bonds is 4. The van der Waals surface area contributed by atoms with Crippen molar-refractivity contribution in [3.8, 4) is 16.9 Å². The number of ether oxygens (including phenoxy) is 1. The number of fused-ring (bicyclic) bond motifs is 1. The first-order valence-corrected chi connectivity index (χ1v) is 10.4. The Morgan fingerprint density at radius 2 is 1.55 bits per heavy atom. The van der Waals surface area contributed by atoms with Crippen molar-refractivity contribution in [2.75, 3.05) is 6.61 Å². The van der Waals surface area contributed by atoms with Crippen LogP contribution in [0.15, 0.2) is 36.5 Å². The van der Waals surface area contributed by atoms with E-state index in [0.29, 0.717) is 12.3 Å². The Balaban J connectivity index is 2.39. The summed E-state index contributed by atoms with van der Waals surface area (Å²) in [5, 5.41) is 0. The maximum Gasteiger partial charge on any atom is 0.167 e. The number of pyridine rings is 1. The molecule has 0 aliphatic carbocycles. The SMILES string of the molecule is CCOc1c(C(C)(C)C)cc(-c2cc3cc(C)ccn3c2C=O)cc1C(C)(C)C. The Morgan fingerprint density at radius 3 is 2.03 bits per heavy atom. The highest BCUT2D eigenvalue weighted by atomic mass is 16.5. The molecule has 0 spiro atoms. The van der Waals surface area contributed by atoms with Gasteiger partial charge in [0.1, 0.15) is 5.75 Å². The van der Waals surface area contributed by atoms with Crippen LogP contribution in [0.5, 0.6) is 5.75 Å². The van der Waals surface area contributed by atoms with Crippen LogP contribution in [0, 0.1) is 6.92 Å². The number of aryl methyl sites for hydroxylation is 1. The van der Waals surface area contributed by atoms with E-state index in [0.717, 1.165) is 28.7 Å². The van der Waals surface area contributed by atoms with Crippen molar-refractivity contribution >= 4 is 11.8 Å². The number of carbonyl (C=O) groups excluding carboxylic acids is 1. The third-order valence-corrected chi connectivity index (χ3v) is 5.38. The van der Waals surface area contributed by atoms with Crippen LogP contribution in [0.2, 0.25) is 0 Å². The average Bonchev–Trinajstić information content (AvgIpc) is 2.97. The molecule has 0 N–H and O–H groups in total. The van der Waals surface area contributed by atoms with Gasteiger partial charge in [0.2, 0.25) is 0 Å². The van der Waals surface area contributed by atoms with Gasteiger partial charge < -0.3 is 9.14 Å². The fourth-order valence-electron chi connectivity index (χ4n) is 3.86. The van der Waals surface area contributed by atoms with E-state index in [-0.39, 0.29) is 10.8 Å². The Labute approximate surface area is 174 Å². The van der Waals surface area contributed by atoms with Crippen LogP contribution in [0.3, 0.4) is 0 Å². The predicted molar refractivity (Wildman–Crippen MR) is 122 cm³/mol.